The topological polar surface area (TPSA) is 51.4 Å². The van der Waals surface area contributed by atoms with E-state index in [1.807, 2.05) is 13.0 Å². The van der Waals surface area contributed by atoms with Crippen molar-refractivity contribution in [3.8, 4) is 0 Å². The summed E-state index contributed by atoms with van der Waals surface area (Å²) >= 11 is 0. The van der Waals surface area contributed by atoms with E-state index in [9.17, 15) is 0 Å². The predicted molar refractivity (Wildman–Crippen MR) is 56.4 cm³/mol. The fourth-order valence-electron chi connectivity index (χ4n) is 1.69. The van der Waals surface area contributed by atoms with Crippen molar-refractivity contribution in [3.63, 3.8) is 0 Å². The number of pyridine rings is 1. The molecule has 2 heterocycles. The summed E-state index contributed by atoms with van der Waals surface area (Å²) in [5.41, 5.74) is 8.00. The molecule has 0 unspecified atom stereocenters. The minimum atomic E-state index is 0.619. The van der Waals surface area contributed by atoms with Gasteiger partial charge in [-0.15, -0.1) is 0 Å². The van der Waals surface area contributed by atoms with E-state index in [2.05, 4.69) is 9.88 Å². The maximum atomic E-state index is 5.76. The molecule has 0 amide bonds. The number of anilines is 2. The number of hydrogen-bond acceptors (Lipinski definition) is 4. The number of morpholine rings is 1. The molecule has 0 aromatic carbocycles. The number of ether oxygens (including phenoxy) is 1. The third kappa shape index (κ3) is 1.65. The van der Waals surface area contributed by atoms with Crippen LogP contribution in [0.15, 0.2) is 12.3 Å². The van der Waals surface area contributed by atoms with Gasteiger partial charge in [-0.05, 0) is 13.0 Å². The van der Waals surface area contributed by atoms with E-state index in [4.69, 9.17) is 10.5 Å². The molecular weight excluding hydrogens is 178 g/mol. The number of nitrogens with zero attached hydrogens (tertiary/aromatic N) is 2. The van der Waals surface area contributed by atoms with Crippen molar-refractivity contribution in [1.82, 2.24) is 4.98 Å². The number of rotatable bonds is 1. The molecule has 4 heteroatoms. The van der Waals surface area contributed by atoms with Crippen molar-refractivity contribution in [2.75, 3.05) is 36.9 Å². The molecule has 2 N–H and O–H groups in total. The summed E-state index contributed by atoms with van der Waals surface area (Å²) in [7, 11) is 0. The Kier molecular flexibility index (Phi) is 2.54. The van der Waals surface area contributed by atoms with E-state index in [1.165, 1.54) is 5.69 Å². The molecule has 1 saturated heterocycles. The van der Waals surface area contributed by atoms with Crippen molar-refractivity contribution < 1.29 is 4.74 Å². The second-order valence-corrected chi connectivity index (χ2v) is 3.44. The molecule has 1 aromatic heterocycles. The molecule has 0 atom stereocenters. The molecule has 0 radical (unpaired) electrons. The molecule has 1 aromatic rings. The number of aromatic nitrogens is 1. The molecule has 0 aliphatic carbocycles. The van der Waals surface area contributed by atoms with Crippen molar-refractivity contribution in [2.45, 2.75) is 6.92 Å². The van der Waals surface area contributed by atoms with Gasteiger partial charge in [0.05, 0.1) is 13.2 Å². The molecule has 0 spiro atoms. The highest BCUT2D eigenvalue weighted by atomic mass is 16.5. The smallest absolute Gasteiger partial charge is 0.128 e. The third-order valence-corrected chi connectivity index (χ3v) is 2.57. The second-order valence-electron chi connectivity index (χ2n) is 3.44. The lowest BCUT2D eigenvalue weighted by atomic mass is 10.2. The maximum Gasteiger partial charge on any atom is 0.128 e. The molecule has 1 aliphatic heterocycles. The SMILES string of the molecule is Cc1c(N2CCOCC2)ccnc1N. The van der Waals surface area contributed by atoms with Crippen molar-refractivity contribution in [2.24, 2.45) is 0 Å². The summed E-state index contributed by atoms with van der Waals surface area (Å²) in [6.07, 6.45) is 1.76. The average molecular weight is 193 g/mol. The fourth-order valence-corrected chi connectivity index (χ4v) is 1.69. The Morgan fingerprint density at radius 1 is 1.43 bits per heavy atom. The van der Waals surface area contributed by atoms with Crippen LogP contribution in [0.25, 0.3) is 0 Å². The molecule has 0 bridgehead atoms. The van der Waals surface area contributed by atoms with Crippen LogP contribution in [0.3, 0.4) is 0 Å². The molecule has 0 saturated carbocycles. The zero-order chi connectivity index (χ0) is 9.97. The van der Waals surface area contributed by atoms with Gasteiger partial charge in [-0.25, -0.2) is 4.98 Å². The Bertz CT molecular complexity index is 321. The lowest BCUT2D eigenvalue weighted by molar-refractivity contribution is 0.122. The highest BCUT2D eigenvalue weighted by molar-refractivity contribution is 5.60. The lowest BCUT2D eigenvalue weighted by Gasteiger charge is -2.30. The maximum absolute atomic E-state index is 5.76. The van der Waals surface area contributed by atoms with Crippen molar-refractivity contribution in [1.29, 1.82) is 0 Å². The molecule has 1 fully saturated rings. The van der Waals surface area contributed by atoms with Crippen LogP contribution in [0.4, 0.5) is 11.5 Å². The van der Waals surface area contributed by atoms with Crippen molar-refractivity contribution >= 4 is 11.5 Å². The Hall–Kier alpha value is -1.29. The van der Waals surface area contributed by atoms with E-state index in [0.29, 0.717) is 5.82 Å². The van der Waals surface area contributed by atoms with Gasteiger partial charge < -0.3 is 15.4 Å². The summed E-state index contributed by atoms with van der Waals surface area (Å²) in [5, 5.41) is 0. The zero-order valence-corrected chi connectivity index (χ0v) is 8.36. The minimum absolute atomic E-state index is 0.619. The van der Waals surface area contributed by atoms with E-state index < -0.39 is 0 Å². The first kappa shape index (κ1) is 9.27. The fraction of sp³-hybridized carbons (Fsp3) is 0.500. The van der Waals surface area contributed by atoms with Crippen LogP contribution in [-0.2, 0) is 4.74 Å². The van der Waals surface area contributed by atoms with Crippen LogP contribution in [0.1, 0.15) is 5.56 Å². The Balaban J connectivity index is 2.26. The van der Waals surface area contributed by atoms with Gasteiger partial charge in [0.2, 0.25) is 0 Å². The number of hydrogen-bond donors (Lipinski definition) is 1. The third-order valence-electron chi connectivity index (χ3n) is 2.57. The normalized spacial score (nSPS) is 17.1. The Labute approximate surface area is 83.7 Å². The monoisotopic (exact) mass is 193 g/mol. The summed E-state index contributed by atoms with van der Waals surface area (Å²) < 4.78 is 5.30. The van der Waals surface area contributed by atoms with Crippen LogP contribution >= 0.6 is 0 Å². The van der Waals surface area contributed by atoms with Crippen molar-refractivity contribution in [3.05, 3.63) is 17.8 Å². The largest absolute Gasteiger partial charge is 0.383 e. The Morgan fingerprint density at radius 2 is 2.14 bits per heavy atom. The van der Waals surface area contributed by atoms with E-state index in [0.717, 1.165) is 31.9 Å². The Morgan fingerprint density at radius 3 is 2.86 bits per heavy atom. The van der Waals surface area contributed by atoms with Gasteiger partial charge in [0.1, 0.15) is 5.82 Å². The van der Waals surface area contributed by atoms with Gasteiger partial charge in [0, 0.05) is 30.5 Å². The predicted octanol–water partition coefficient (Wildman–Crippen LogP) is 0.809. The number of nitrogen functional groups attached to an aromatic ring is 1. The second kappa shape index (κ2) is 3.84. The van der Waals surface area contributed by atoms with Crippen LogP contribution in [0.5, 0.6) is 0 Å². The quantitative estimate of drug-likeness (QED) is 0.717. The van der Waals surface area contributed by atoms with Gasteiger partial charge in [0.25, 0.3) is 0 Å². The van der Waals surface area contributed by atoms with E-state index in [1.54, 1.807) is 6.20 Å². The molecule has 4 nitrogen and oxygen atoms in total. The highest BCUT2D eigenvalue weighted by Crippen LogP contribution is 2.23. The van der Waals surface area contributed by atoms with Crippen LogP contribution < -0.4 is 10.6 Å². The van der Waals surface area contributed by atoms with Crippen LogP contribution in [0, 0.1) is 6.92 Å². The average Bonchev–Trinajstić information content (AvgIpc) is 2.23. The first-order valence-corrected chi connectivity index (χ1v) is 4.83. The van der Waals surface area contributed by atoms with Gasteiger partial charge in [0.15, 0.2) is 0 Å². The van der Waals surface area contributed by atoms with Gasteiger partial charge in [-0.2, -0.15) is 0 Å². The molecular formula is C10H15N3O. The minimum Gasteiger partial charge on any atom is -0.383 e. The summed E-state index contributed by atoms with van der Waals surface area (Å²) in [6, 6.07) is 2.01. The molecule has 2 rings (SSSR count). The van der Waals surface area contributed by atoms with E-state index in [-0.39, 0.29) is 0 Å². The van der Waals surface area contributed by atoms with Crippen LogP contribution in [0.2, 0.25) is 0 Å². The first-order chi connectivity index (χ1) is 6.79. The summed E-state index contributed by atoms with van der Waals surface area (Å²) in [4.78, 5) is 6.34. The summed E-state index contributed by atoms with van der Waals surface area (Å²) in [6.45, 7) is 5.46. The van der Waals surface area contributed by atoms with Crippen LogP contribution in [-0.4, -0.2) is 31.3 Å². The van der Waals surface area contributed by atoms with Gasteiger partial charge >= 0.3 is 0 Å². The molecule has 14 heavy (non-hydrogen) atoms. The van der Waals surface area contributed by atoms with Gasteiger partial charge in [-0.3, -0.25) is 0 Å². The molecule has 1 aliphatic rings. The zero-order valence-electron chi connectivity index (χ0n) is 8.36. The highest BCUT2D eigenvalue weighted by Gasteiger charge is 2.14. The number of nitrogens with two attached hydrogens (primary N) is 1. The summed E-state index contributed by atoms with van der Waals surface area (Å²) in [5.74, 6) is 0.619. The van der Waals surface area contributed by atoms with E-state index >= 15 is 0 Å². The van der Waals surface area contributed by atoms with Gasteiger partial charge in [-0.1, -0.05) is 0 Å². The standard InChI is InChI=1S/C10H15N3O/c1-8-9(2-3-12-10(8)11)13-4-6-14-7-5-13/h2-3H,4-7H2,1H3,(H2,11,12). The first-order valence-electron chi connectivity index (χ1n) is 4.83. The lowest BCUT2D eigenvalue weighted by Crippen LogP contribution is -2.36. The molecule has 76 valence electrons.